The van der Waals surface area contributed by atoms with E-state index in [0.717, 1.165) is 66.6 Å². The average molecular weight is 646 g/mol. The number of aromatic nitrogens is 2. The number of aryl methyl sites for hydroxylation is 1. The fourth-order valence-corrected chi connectivity index (χ4v) is 9.18. The zero-order chi connectivity index (χ0) is 30.8. The maximum Gasteiger partial charge on any atom is 0.316 e. The van der Waals surface area contributed by atoms with Crippen LogP contribution in [0.5, 0.6) is 0 Å². The molecule has 1 aromatic heterocycles. The van der Waals surface area contributed by atoms with Crippen LogP contribution in [0.4, 0.5) is 10.1 Å². The molecule has 0 unspecified atom stereocenters. The second kappa shape index (κ2) is 9.53. The first kappa shape index (κ1) is 27.8. The van der Waals surface area contributed by atoms with Gasteiger partial charge >= 0.3 is 5.97 Å². The number of nitrogens with zero attached hydrogens (tertiary/aromatic N) is 3. The van der Waals surface area contributed by atoms with Crippen LogP contribution in [0.25, 0.3) is 11.0 Å². The number of methoxy groups -OCH3 is 1. The molecule has 2 saturated carbocycles. The number of carbonyl (C=O) groups excluding carboxylic acids is 2. The van der Waals surface area contributed by atoms with Crippen molar-refractivity contribution in [1.29, 1.82) is 0 Å². The van der Waals surface area contributed by atoms with Crippen LogP contribution in [0.1, 0.15) is 66.5 Å². The zero-order valence-corrected chi connectivity index (χ0v) is 26.2. The molecule has 45 heavy (non-hydrogen) atoms. The van der Waals surface area contributed by atoms with E-state index in [1.807, 2.05) is 30.3 Å². The lowest BCUT2D eigenvalue weighted by Crippen LogP contribution is -2.53. The molecular weight excluding hydrogens is 614 g/mol. The van der Waals surface area contributed by atoms with E-state index in [1.54, 1.807) is 24.3 Å². The van der Waals surface area contributed by atoms with Crippen LogP contribution in [0.2, 0.25) is 10.0 Å². The first-order valence-corrected chi connectivity index (χ1v) is 16.4. The smallest absolute Gasteiger partial charge is 0.316 e. The topological polar surface area (TPSA) is 76.5 Å². The van der Waals surface area contributed by atoms with E-state index < -0.39 is 22.7 Å². The van der Waals surface area contributed by atoms with Crippen LogP contribution in [-0.4, -0.2) is 46.0 Å². The Labute approximate surface area is 269 Å². The molecule has 1 amide bonds. The summed E-state index contributed by atoms with van der Waals surface area (Å²) in [6.45, 7) is 1.45. The number of halogens is 3. The van der Waals surface area contributed by atoms with Gasteiger partial charge in [-0.15, -0.1) is 0 Å². The number of rotatable bonds is 5. The molecule has 0 radical (unpaired) electrons. The van der Waals surface area contributed by atoms with Gasteiger partial charge in [0.2, 0.25) is 5.91 Å². The monoisotopic (exact) mass is 644 g/mol. The Kier molecular flexibility index (Phi) is 5.89. The molecular formula is C35H31Cl2FN4O3. The third kappa shape index (κ3) is 3.70. The third-order valence-electron chi connectivity index (χ3n) is 11.1. The van der Waals surface area contributed by atoms with E-state index in [2.05, 4.69) is 14.8 Å². The third-order valence-corrected chi connectivity index (χ3v) is 11.7. The number of carbonyl (C=O) groups is 2. The predicted octanol–water partition coefficient (Wildman–Crippen LogP) is 6.90. The van der Waals surface area contributed by atoms with E-state index in [1.165, 1.54) is 7.11 Å². The summed E-state index contributed by atoms with van der Waals surface area (Å²) in [5.74, 6) is -0.494. The summed E-state index contributed by atoms with van der Waals surface area (Å²) in [5.41, 5.74) is 2.77. The lowest BCUT2D eigenvalue weighted by atomic mass is 9.70. The SMILES string of the molecule is COC(=O)C1(c2ccc3c(c2)nc2n3CC[C@H]3[C@@H]2[C@H](c2cccc(Cl)c2F)[C@]2(C(=O)Nc4cc(Cl)ccc42)N3CC2CC2)CC1. The lowest BCUT2D eigenvalue weighted by Gasteiger charge is -2.40. The minimum absolute atomic E-state index is 0.0288. The van der Waals surface area contributed by atoms with Gasteiger partial charge in [0.1, 0.15) is 17.2 Å². The first-order valence-electron chi connectivity index (χ1n) is 15.7. The number of hydrogen-bond acceptors (Lipinski definition) is 5. The molecule has 4 aromatic rings. The average Bonchev–Trinajstić information content (AvgIpc) is 3.95. The molecule has 10 heteroatoms. The van der Waals surface area contributed by atoms with Crippen molar-refractivity contribution in [2.75, 3.05) is 19.0 Å². The van der Waals surface area contributed by atoms with Crippen molar-refractivity contribution in [2.45, 2.75) is 67.5 Å². The van der Waals surface area contributed by atoms with Crippen molar-refractivity contribution >= 4 is 51.8 Å². The van der Waals surface area contributed by atoms with Crippen molar-refractivity contribution in [3.63, 3.8) is 0 Å². The minimum Gasteiger partial charge on any atom is -0.468 e. The number of fused-ring (bicyclic) bond motifs is 7. The minimum atomic E-state index is -1.18. The van der Waals surface area contributed by atoms with Crippen molar-refractivity contribution in [3.8, 4) is 0 Å². The first-order chi connectivity index (χ1) is 21.8. The van der Waals surface area contributed by atoms with E-state index in [0.29, 0.717) is 28.7 Å². The Morgan fingerprint density at radius 3 is 2.69 bits per heavy atom. The summed E-state index contributed by atoms with van der Waals surface area (Å²) in [4.78, 5) is 35.0. The van der Waals surface area contributed by atoms with Crippen molar-refractivity contribution in [1.82, 2.24) is 14.5 Å². The van der Waals surface area contributed by atoms with Gasteiger partial charge in [-0.2, -0.15) is 0 Å². The number of ether oxygens (including phenoxy) is 1. The summed E-state index contributed by atoms with van der Waals surface area (Å²) in [6, 6.07) is 16.6. The largest absolute Gasteiger partial charge is 0.468 e. The van der Waals surface area contributed by atoms with Crippen LogP contribution in [-0.2, 0) is 31.8 Å². The number of imidazole rings is 1. The Morgan fingerprint density at radius 2 is 1.93 bits per heavy atom. The molecule has 3 fully saturated rings. The van der Waals surface area contributed by atoms with Gasteiger partial charge in [0.15, 0.2) is 0 Å². The quantitative estimate of drug-likeness (QED) is 0.239. The molecule has 4 atom stereocenters. The zero-order valence-electron chi connectivity index (χ0n) is 24.7. The molecule has 4 heterocycles. The number of hydrogen-bond donors (Lipinski definition) is 1. The van der Waals surface area contributed by atoms with Gasteiger partial charge in [-0.05, 0) is 79.5 Å². The fourth-order valence-electron chi connectivity index (χ4n) is 8.82. The highest BCUT2D eigenvalue weighted by molar-refractivity contribution is 6.31. The standard InChI is InChI=1S/C35H31Cl2FN4O3/c1-45-33(44)34(12-13-34)19-7-10-26-25(15-19)39-31-28-27(11-14-41(26)31)42(17-18-5-6-18)35(29(28)21-3-2-4-23(37)30(21)38)22-9-8-20(36)16-24(22)40-32(35)43/h2-4,7-10,15-16,18,27-29H,5-6,11-14,17H2,1H3,(H,40,43)/t27-,28+,29-,35+/m0/s1. The number of esters is 1. The highest BCUT2D eigenvalue weighted by Gasteiger charge is 2.69. The van der Waals surface area contributed by atoms with E-state index >= 15 is 4.39 Å². The molecule has 2 aliphatic carbocycles. The predicted molar refractivity (Wildman–Crippen MR) is 169 cm³/mol. The van der Waals surface area contributed by atoms with Gasteiger partial charge in [0.05, 0.1) is 28.6 Å². The molecule has 230 valence electrons. The van der Waals surface area contributed by atoms with Gasteiger partial charge in [-0.25, -0.2) is 9.37 Å². The summed E-state index contributed by atoms with van der Waals surface area (Å²) in [5, 5.41) is 3.70. The van der Waals surface area contributed by atoms with Crippen molar-refractivity contribution in [2.24, 2.45) is 5.92 Å². The maximum atomic E-state index is 16.3. The number of benzene rings is 3. The van der Waals surface area contributed by atoms with E-state index in [-0.39, 0.29) is 28.9 Å². The number of anilines is 1. The Morgan fingerprint density at radius 1 is 1.11 bits per heavy atom. The van der Waals surface area contributed by atoms with Gasteiger partial charge in [-0.3, -0.25) is 14.5 Å². The van der Waals surface area contributed by atoms with Crippen molar-refractivity contribution in [3.05, 3.63) is 93.0 Å². The molecule has 3 aliphatic heterocycles. The summed E-state index contributed by atoms with van der Waals surface area (Å²) in [7, 11) is 1.43. The molecule has 9 rings (SSSR count). The maximum absolute atomic E-state index is 16.3. The highest BCUT2D eigenvalue weighted by Crippen LogP contribution is 2.65. The van der Waals surface area contributed by atoms with Crippen LogP contribution in [0.3, 0.4) is 0 Å². The molecule has 5 aliphatic rings. The highest BCUT2D eigenvalue weighted by atomic mass is 35.5. The molecule has 3 aromatic carbocycles. The molecule has 1 N–H and O–H groups in total. The molecule has 1 spiro atoms. The van der Waals surface area contributed by atoms with Crippen LogP contribution >= 0.6 is 23.2 Å². The number of amides is 1. The summed E-state index contributed by atoms with van der Waals surface area (Å²) < 4.78 is 23.7. The van der Waals surface area contributed by atoms with Crippen LogP contribution < -0.4 is 5.32 Å². The number of likely N-dealkylation sites (tertiary alicyclic amines) is 1. The summed E-state index contributed by atoms with van der Waals surface area (Å²) in [6.07, 6.45) is 4.49. The molecule has 7 nitrogen and oxygen atoms in total. The normalized spacial score (nSPS) is 27.7. The molecule has 1 saturated heterocycles. The van der Waals surface area contributed by atoms with Gasteiger partial charge in [-0.1, -0.05) is 47.5 Å². The summed E-state index contributed by atoms with van der Waals surface area (Å²) >= 11 is 12.9. The lowest BCUT2D eigenvalue weighted by molar-refractivity contribution is -0.143. The number of nitrogens with one attached hydrogen (secondary N) is 1. The Bertz CT molecular complexity index is 1950. The fraction of sp³-hybridized carbons (Fsp3) is 0.400. The van der Waals surface area contributed by atoms with Crippen LogP contribution in [0, 0.1) is 11.7 Å². The van der Waals surface area contributed by atoms with Gasteiger partial charge in [0, 0.05) is 47.2 Å². The molecule has 0 bridgehead atoms. The van der Waals surface area contributed by atoms with E-state index in [9.17, 15) is 9.59 Å². The van der Waals surface area contributed by atoms with Gasteiger partial charge in [0.25, 0.3) is 0 Å². The van der Waals surface area contributed by atoms with Gasteiger partial charge < -0.3 is 14.6 Å². The van der Waals surface area contributed by atoms with E-state index in [4.69, 9.17) is 32.9 Å². The Hall–Kier alpha value is -3.46. The second-order valence-electron chi connectivity index (χ2n) is 13.4. The second-order valence-corrected chi connectivity index (χ2v) is 14.3. The van der Waals surface area contributed by atoms with Crippen molar-refractivity contribution < 1.29 is 18.7 Å². The van der Waals surface area contributed by atoms with Crippen LogP contribution in [0.15, 0.2) is 54.6 Å². The Balaban J connectivity index is 1.29.